The van der Waals surface area contributed by atoms with E-state index >= 15 is 0 Å². The Labute approximate surface area is 230 Å². The van der Waals surface area contributed by atoms with E-state index in [2.05, 4.69) is 79.4 Å². The lowest BCUT2D eigenvalue weighted by Crippen LogP contribution is -2.40. The predicted octanol–water partition coefficient (Wildman–Crippen LogP) is 7.38. The van der Waals surface area contributed by atoms with Crippen LogP contribution in [0, 0.1) is 25.7 Å². The molecule has 0 aromatic heterocycles. The first-order chi connectivity index (χ1) is 18.4. The number of hydrogen-bond donors (Lipinski definition) is 1. The first-order valence-electron chi connectivity index (χ1n) is 14.8. The van der Waals surface area contributed by atoms with Crippen LogP contribution in [-0.4, -0.2) is 36.0 Å². The molecule has 0 radical (unpaired) electrons. The fourth-order valence-corrected chi connectivity index (χ4v) is 6.64. The van der Waals surface area contributed by atoms with Gasteiger partial charge in [-0.1, -0.05) is 50.3 Å². The summed E-state index contributed by atoms with van der Waals surface area (Å²) in [6.07, 6.45) is 11.3. The lowest BCUT2D eigenvalue weighted by Gasteiger charge is -2.39. The largest absolute Gasteiger partial charge is 0.493 e. The summed E-state index contributed by atoms with van der Waals surface area (Å²) in [6, 6.07) is 9.40. The number of benzene rings is 2. The summed E-state index contributed by atoms with van der Waals surface area (Å²) in [5.41, 5.74) is 11.0. The van der Waals surface area contributed by atoms with Crippen molar-refractivity contribution in [2.45, 2.75) is 79.3 Å². The van der Waals surface area contributed by atoms with Gasteiger partial charge < -0.3 is 15.0 Å². The summed E-state index contributed by atoms with van der Waals surface area (Å²) in [5, 5.41) is 3.54. The van der Waals surface area contributed by atoms with E-state index in [0.29, 0.717) is 11.8 Å². The van der Waals surface area contributed by atoms with Crippen LogP contribution in [0.25, 0.3) is 0 Å². The van der Waals surface area contributed by atoms with E-state index in [1.54, 1.807) is 0 Å². The lowest BCUT2D eigenvalue weighted by molar-refractivity contribution is 0.155. The van der Waals surface area contributed by atoms with Gasteiger partial charge in [-0.15, -0.1) is 0 Å². The van der Waals surface area contributed by atoms with Gasteiger partial charge in [0.1, 0.15) is 5.75 Å². The molecule has 0 bridgehead atoms. The summed E-state index contributed by atoms with van der Waals surface area (Å²) in [5.74, 6) is 2.19. The SMILES string of the molecule is C=C(C1CCCN(Cc2cc(C)cc3c2NC=CC3)C1)N(Cc1cc(C)c2c(c1)OCCCC2)CC(C)C. The van der Waals surface area contributed by atoms with Crippen LogP contribution in [0.3, 0.4) is 0 Å². The van der Waals surface area contributed by atoms with Gasteiger partial charge in [-0.25, -0.2) is 0 Å². The van der Waals surface area contributed by atoms with Gasteiger partial charge in [0.05, 0.1) is 6.61 Å². The van der Waals surface area contributed by atoms with Crippen LogP contribution in [0.5, 0.6) is 5.75 Å². The van der Waals surface area contributed by atoms with Gasteiger partial charge in [-0.2, -0.15) is 0 Å². The molecule has 2 aromatic rings. The molecule has 204 valence electrons. The number of likely N-dealkylation sites (tertiary alicyclic amines) is 1. The number of ether oxygens (including phenoxy) is 1. The number of aryl methyl sites for hydroxylation is 2. The number of rotatable bonds is 8. The molecule has 1 unspecified atom stereocenters. The van der Waals surface area contributed by atoms with E-state index in [4.69, 9.17) is 11.3 Å². The number of nitrogens with one attached hydrogen (secondary N) is 1. The Balaban J connectivity index is 1.30. The quantitative estimate of drug-likeness (QED) is 0.398. The van der Waals surface area contributed by atoms with Crippen molar-refractivity contribution in [2.75, 3.05) is 31.6 Å². The van der Waals surface area contributed by atoms with E-state index in [1.807, 2.05) is 0 Å². The van der Waals surface area contributed by atoms with Gasteiger partial charge in [-0.3, -0.25) is 4.90 Å². The molecule has 0 amide bonds. The topological polar surface area (TPSA) is 27.7 Å². The summed E-state index contributed by atoms with van der Waals surface area (Å²) >= 11 is 0. The highest BCUT2D eigenvalue weighted by atomic mass is 16.5. The maximum atomic E-state index is 6.17. The fraction of sp³-hybridized carbons (Fsp3) is 0.529. The van der Waals surface area contributed by atoms with E-state index in [1.165, 1.54) is 64.0 Å². The standard InChI is InChI=1S/C34H47N3O/c1-24(2)20-37(21-28-18-26(4)32-12-6-7-15-38-33(32)19-28)27(5)30-11-9-14-36(22-30)23-31-17-25(3)16-29-10-8-13-35-34(29)31/h8,13,16-19,24,30,35H,5-7,9-12,14-15,20-23H2,1-4H3. The highest BCUT2D eigenvalue weighted by Gasteiger charge is 2.27. The molecule has 4 heteroatoms. The van der Waals surface area contributed by atoms with E-state index in [0.717, 1.165) is 64.3 Å². The molecule has 2 aromatic carbocycles. The van der Waals surface area contributed by atoms with Crippen LogP contribution in [0.4, 0.5) is 5.69 Å². The Kier molecular flexibility index (Phi) is 8.48. The van der Waals surface area contributed by atoms with Crippen LogP contribution < -0.4 is 10.1 Å². The van der Waals surface area contributed by atoms with Gasteiger partial charge in [0.25, 0.3) is 0 Å². The minimum atomic E-state index is 0.495. The molecule has 1 atom stereocenters. The van der Waals surface area contributed by atoms with Gasteiger partial charge in [0.2, 0.25) is 0 Å². The Hall–Kier alpha value is -2.72. The first kappa shape index (κ1) is 26.9. The molecule has 38 heavy (non-hydrogen) atoms. The molecule has 0 aliphatic carbocycles. The minimum absolute atomic E-state index is 0.495. The van der Waals surface area contributed by atoms with E-state index in [-0.39, 0.29) is 0 Å². The Morgan fingerprint density at radius 2 is 2.03 bits per heavy atom. The smallest absolute Gasteiger partial charge is 0.123 e. The van der Waals surface area contributed by atoms with Crippen molar-refractivity contribution >= 4 is 5.69 Å². The molecule has 3 heterocycles. The molecule has 0 saturated carbocycles. The van der Waals surface area contributed by atoms with Gasteiger partial charge in [-0.05, 0) is 105 Å². The fourth-order valence-electron chi connectivity index (χ4n) is 6.64. The van der Waals surface area contributed by atoms with Crippen molar-refractivity contribution < 1.29 is 4.74 Å². The van der Waals surface area contributed by atoms with Gasteiger partial charge >= 0.3 is 0 Å². The van der Waals surface area contributed by atoms with Crippen molar-refractivity contribution in [3.63, 3.8) is 0 Å². The number of fused-ring (bicyclic) bond motifs is 2. The maximum Gasteiger partial charge on any atom is 0.123 e. The average Bonchev–Trinajstić information content (AvgIpc) is 3.14. The highest BCUT2D eigenvalue weighted by molar-refractivity contribution is 5.63. The third-order valence-electron chi connectivity index (χ3n) is 8.44. The van der Waals surface area contributed by atoms with E-state index in [9.17, 15) is 0 Å². The zero-order chi connectivity index (χ0) is 26.6. The minimum Gasteiger partial charge on any atom is -0.493 e. The monoisotopic (exact) mass is 513 g/mol. The van der Waals surface area contributed by atoms with Crippen LogP contribution in [0.1, 0.15) is 72.9 Å². The van der Waals surface area contributed by atoms with Gasteiger partial charge in [0, 0.05) is 43.5 Å². The van der Waals surface area contributed by atoms with Crippen LogP contribution in [-0.2, 0) is 25.9 Å². The third kappa shape index (κ3) is 6.29. The number of anilines is 1. The molecule has 1 N–H and O–H groups in total. The molecule has 1 fully saturated rings. The lowest BCUT2D eigenvalue weighted by atomic mass is 9.92. The summed E-state index contributed by atoms with van der Waals surface area (Å²) in [6.45, 7) is 19.9. The molecule has 5 rings (SSSR count). The van der Waals surface area contributed by atoms with Crippen molar-refractivity contribution in [2.24, 2.45) is 11.8 Å². The maximum absolute atomic E-state index is 6.17. The summed E-state index contributed by atoms with van der Waals surface area (Å²) in [7, 11) is 0. The second kappa shape index (κ2) is 12.0. The Bertz CT molecular complexity index is 1180. The van der Waals surface area contributed by atoms with Crippen molar-refractivity contribution in [3.8, 4) is 5.75 Å². The second-order valence-electron chi connectivity index (χ2n) is 12.2. The normalized spacial score (nSPS) is 19.2. The number of hydrogen-bond acceptors (Lipinski definition) is 4. The predicted molar refractivity (Wildman–Crippen MR) is 160 cm³/mol. The molecule has 3 aliphatic heterocycles. The van der Waals surface area contributed by atoms with Crippen molar-refractivity contribution in [1.29, 1.82) is 0 Å². The first-order valence-corrected chi connectivity index (χ1v) is 14.8. The zero-order valence-electron chi connectivity index (χ0n) is 24.1. The second-order valence-corrected chi connectivity index (χ2v) is 12.2. The number of piperidine rings is 1. The van der Waals surface area contributed by atoms with Crippen LogP contribution >= 0.6 is 0 Å². The van der Waals surface area contributed by atoms with Crippen LogP contribution in [0.15, 0.2) is 48.8 Å². The highest BCUT2D eigenvalue weighted by Crippen LogP contribution is 2.33. The van der Waals surface area contributed by atoms with Crippen molar-refractivity contribution in [3.05, 3.63) is 82.2 Å². The zero-order valence-corrected chi connectivity index (χ0v) is 24.1. The molecule has 4 nitrogen and oxygen atoms in total. The average molecular weight is 514 g/mol. The number of nitrogens with zero attached hydrogens (tertiary/aromatic N) is 2. The summed E-state index contributed by atoms with van der Waals surface area (Å²) in [4.78, 5) is 5.22. The molecule has 0 spiro atoms. The molecular weight excluding hydrogens is 466 g/mol. The Morgan fingerprint density at radius 1 is 1.16 bits per heavy atom. The van der Waals surface area contributed by atoms with E-state index < -0.39 is 0 Å². The van der Waals surface area contributed by atoms with Crippen LogP contribution in [0.2, 0.25) is 0 Å². The third-order valence-corrected chi connectivity index (χ3v) is 8.44. The van der Waals surface area contributed by atoms with Gasteiger partial charge in [0.15, 0.2) is 0 Å². The molecule has 3 aliphatic rings. The number of allylic oxidation sites excluding steroid dienone is 1. The molecule has 1 saturated heterocycles. The molecular formula is C34H47N3O. The van der Waals surface area contributed by atoms with Crippen molar-refractivity contribution in [1.82, 2.24) is 9.80 Å². The summed E-state index contributed by atoms with van der Waals surface area (Å²) < 4.78 is 6.17. The Morgan fingerprint density at radius 3 is 2.87 bits per heavy atom.